The van der Waals surface area contributed by atoms with Gasteiger partial charge in [-0.1, -0.05) is 164 Å². The normalized spacial score (nSPS) is 12.0. The number of benzene rings is 11. The van der Waals surface area contributed by atoms with Gasteiger partial charge in [-0.25, -0.2) is 4.85 Å². The predicted molar refractivity (Wildman–Crippen MR) is 309 cm³/mol. The van der Waals surface area contributed by atoms with Crippen molar-refractivity contribution in [3.05, 3.63) is 254 Å². The van der Waals surface area contributed by atoms with Crippen molar-refractivity contribution in [2.24, 2.45) is 0 Å². The molecule has 0 N–H and O–H groups in total. The second-order valence-corrected chi connectivity index (χ2v) is 19.3. The molecule has 11 aromatic carbocycles. The molecule has 0 spiro atoms. The summed E-state index contributed by atoms with van der Waals surface area (Å²) in [5.41, 5.74) is 14.2. The summed E-state index contributed by atoms with van der Waals surface area (Å²) in [6.07, 6.45) is 0. The summed E-state index contributed by atoms with van der Waals surface area (Å²) in [5.74, 6) is 0. The van der Waals surface area contributed by atoms with E-state index in [4.69, 9.17) is 0 Å². The quantitative estimate of drug-likeness (QED) is 0.159. The Labute approximate surface area is 428 Å². The van der Waals surface area contributed by atoms with Gasteiger partial charge in [0.05, 0.1) is 96.1 Å². The van der Waals surface area contributed by atoms with Crippen LogP contribution in [0.2, 0.25) is 0 Å². The molecule has 346 valence electrons. The minimum Gasteiger partial charge on any atom is -0.317 e. The minimum atomic E-state index is 0.257. The van der Waals surface area contributed by atoms with Gasteiger partial charge in [-0.2, -0.15) is 5.26 Å². The smallest absolute Gasteiger partial charge is 0.232 e. The summed E-state index contributed by atoms with van der Waals surface area (Å²) in [4.78, 5) is 4.61. The Bertz CT molecular complexity index is 5060. The number of hydrogen-bond acceptors (Lipinski definition) is 1. The molecule has 75 heavy (non-hydrogen) atoms. The summed E-state index contributed by atoms with van der Waals surface area (Å²) < 4.78 is 11.7. The summed E-state index contributed by atoms with van der Waals surface area (Å²) in [5, 5.41) is 23.1. The highest BCUT2D eigenvalue weighted by atomic mass is 15.2. The van der Waals surface area contributed by atoms with E-state index in [1.54, 1.807) is 0 Å². The molecule has 0 atom stereocenters. The zero-order valence-corrected chi connectivity index (χ0v) is 40.1. The Kier molecular flexibility index (Phi) is 8.46. The number of aromatic nitrogens is 5. The topological polar surface area (TPSA) is 52.8 Å². The van der Waals surface area contributed by atoms with E-state index < -0.39 is 0 Å². The van der Waals surface area contributed by atoms with Gasteiger partial charge in [-0.05, 0) is 72.8 Å². The standard InChI is InChI=1S/C68H39N7/c1-70-64-51(41-69)65(75-59-38-20-12-30-50(59)63-61(75)40-39-60-62(63)49-29-11-19-37-58(49)71(60)42-21-3-2-4-22-42)67(73-54-33-15-7-25-45(54)46-26-8-16-34-55(46)73)68(74-56-35-17-9-27-47(56)48-28-10-18-36-57(48)74)66(64)72-52-31-13-5-23-43(52)44-24-6-14-32-53(44)72/h2-40H. The van der Waals surface area contributed by atoms with Crippen LogP contribution in [0, 0.1) is 17.9 Å². The van der Waals surface area contributed by atoms with Crippen molar-refractivity contribution in [1.29, 1.82) is 5.26 Å². The highest BCUT2D eigenvalue weighted by Gasteiger charge is 2.35. The molecule has 0 radical (unpaired) electrons. The summed E-state index contributed by atoms with van der Waals surface area (Å²) in [6, 6.07) is 86.3. The highest BCUT2D eigenvalue weighted by Crippen LogP contribution is 2.52. The average molecular weight is 954 g/mol. The Balaban J connectivity index is 1.22. The van der Waals surface area contributed by atoms with Crippen LogP contribution >= 0.6 is 0 Å². The van der Waals surface area contributed by atoms with E-state index in [1.807, 2.05) is 0 Å². The molecule has 0 aliphatic carbocycles. The first-order chi connectivity index (χ1) is 37.2. The van der Waals surface area contributed by atoms with Gasteiger partial charge in [0.25, 0.3) is 0 Å². The van der Waals surface area contributed by atoms with Gasteiger partial charge in [0.1, 0.15) is 0 Å². The van der Waals surface area contributed by atoms with Crippen LogP contribution in [-0.4, -0.2) is 22.8 Å². The molecule has 0 fully saturated rings. The first-order valence-electron chi connectivity index (χ1n) is 25.2. The zero-order valence-electron chi connectivity index (χ0n) is 40.1. The maximum atomic E-state index is 12.3. The fraction of sp³-hybridized carbons (Fsp3) is 0. The Hall–Kier alpha value is -10.6. The number of fused-ring (bicyclic) bond motifs is 16. The first-order valence-corrected chi connectivity index (χ1v) is 25.2. The van der Waals surface area contributed by atoms with Crippen LogP contribution < -0.4 is 0 Å². The number of hydrogen-bond donors (Lipinski definition) is 0. The minimum absolute atomic E-state index is 0.257. The van der Waals surface area contributed by atoms with Crippen LogP contribution in [0.5, 0.6) is 0 Å². The predicted octanol–water partition coefficient (Wildman–Crippen LogP) is 17.6. The van der Waals surface area contributed by atoms with E-state index >= 15 is 0 Å². The maximum absolute atomic E-state index is 12.3. The molecule has 7 heteroatoms. The lowest BCUT2D eigenvalue weighted by Crippen LogP contribution is -2.15. The van der Waals surface area contributed by atoms with Gasteiger partial charge in [0, 0.05) is 59.5 Å². The monoisotopic (exact) mass is 953 g/mol. The van der Waals surface area contributed by atoms with Crippen molar-refractivity contribution < 1.29 is 0 Å². The van der Waals surface area contributed by atoms with Crippen LogP contribution in [0.25, 0.3) is 142 Å². The van der Waals surface area contributed by atoms with E-state index in [9.17, 15) is 11.8 Å². The van der Waals surface area contributed by atoms with Crippen molar-refractivity contribution in [1.82, 2.24) is 22.8 Å². The molecule has 0 saturated carbocycles. The average Bonchev–Trinajstić information content (AvgIpc) is 4.31. The molecule has 5 aromatic heterocycles. The number of para-hydroxylation sites is 9. The second-order valence-electron chi connectivity index (χ2n) is 19.3. The van der Waals surface area contributed by atoms with Crippen molar-refractivity contribution >= 4 is 115 Å². The molecule has 5 heterocycles. The zero-order chi connectivity index (χ0) is 49.5. The van der Waals surface area contributed by atoms with Crippen molar-refractivity contribution in [2.75, 3.05) is 0 Å². The van der Waals surface area contributed by atoms with Crippen molar-refractivity contribution in [3.8, 4) is 34.5 Å². The van der Waals surface area contributed by atoms with E-state index in [0.29, 0.717) is 11.4 Å². The molecule has 16 aromatic rings. The molecule has 7 nitrogen and oxygen atoms in total. The number of rotatable bonds is 5. The molecular formula is C68H39N7. The third-order valence-electron chi connectivity index (χ3n) is 15.7. The van der Waals surface area contributed by atoms with Crippen LogP contribution in [0.1, 0.15) is 5.56 Å². The Morgan fingerprint density at radius 3 is 0.933 bits per heavy atom. The lowest BCUT2D eigenvalue weighted by Gasteiger charge is -2.28. The lowest BCUT2D eigenvalue weighted by atomic mass is 10.0. The van der Waals surface area contributed by atoms with Crippen molar-refractivity contribution in [3.63, 3.8) is 0 Å². The first kappa shape index (κ1) is 41.1. The van der Waals surface area contributed by atoms with Gasteiger partial charge >= 0.3 is 0 Å². The third-order valence-corrected chi connectivity index (χ3v) is 15.7. The molecule has 0 aliphatic heterocycles. The third kappa shape index (κ3) is 5.40. The molecule has 0 aliphatic rings. The van der Waals surface area contributed by atoms with Gasteiger partial charge in [-0.3, -0.25) is 0 Å². The second kappa shape index (κ2) is 15.5. The molecule has 0 amide bonds. The summed E-state index contributed by atoms with van der Waals surface area (Å²) >= 11 is 0. The summed E-state index contributed by atoms with van der Waals surface area (Å²) in [6.45, 7) is 9.57. The van der Waals surface area contributed by atoms with E-state index in [1.165, 1.54) is 0 Å². The van der Waals surface area contributed by atoms with E-state index in [2.05, 4.69) is 270 Å². The molecule has 16 rings (SSSR count). The van der Waals surface area contributed by atoms with Crippen molar-refractivity contribution in [2.45, 2.75) is 0 Å². The SMILES string of the molecule is [C-]#[N+]c1c(C#N)c(-n2c3ccccc3c3c4c5ccccc5n(-c5ccccc5)c4ccc32)c(-n2c3ccccc3c3ccccc32)c(-n2c3ccccc3c3ccccc32)c1-n1c2ccccc2c2ccccc21. The molecule has 0 unspecified atom stereocenters. The summed E-state index contributed by atoms with van der Waals surface area (Å²) in [7, 11) is 0. The number of nitriles is 1. The lowest BCUT2D eigenvalue weighted by molar-refractivity contribution is 1.02. The van der Waals surface area contributed by atoms with Gasteiger partial charge in [-0.15, -0.1) is 0 Å². The van der Waals surface area contributed by atoms with Gasteiger partial charge in [0.15, 0.2) is 0 Å². The van der Waals surface area contributed by atoms with Gasteiger partial charge < -0.3 is 22.8 Å². The largest absolute Gasteiger partial charge is 0.317 e. The van der Waals surface area contributed by atoms with E-state index in [-0.39, 0.29) is 11.3 Å². The molecular weight excluding hydrogens is 915 g/mol. The van der Waals surface area contributed by atoms with Crippen LogP contribution in [0.15, 0.2) is 237 Å². The van der Waals surface area contributed by atoms with Gasteiger partial charge in [0.2, 0.25) is 5.69 Å². The van der Waals surface area contributed by atoms with Crippen LogP contribution in [-0.2, 0) is 0 Å². The Morgan fingerprint density at radius 1 is 0.280 bits per heavy atom. The fourth-order valence-electron chi connectivity index (χ4n) is 12.9. The fourth-order valence-corrected chi connectivity index (χ4v) is 12.9. The maximum Gasteiger partial charge on any atom is 0.232 e. The molecule has 0 bridgehead atoms. The van der Waals surface area contributed by atoms with Crippen LogP contribution in [0.3, 0.4) is 0 Å². The molecule has 0 saturated heterocycles. The van der Waals surface area contributed by atoms with E-state index in [0.717, 1.165) is 126 Å². The van der Waals surface area contributed by atoms with Crippen LogP contribution in [0.4, 0.5) is 5.69 Å². The number of nitrogens with zero attached hydrogens (tertiary/aromatic N) is 7. The highest BCUT2D eigenvalue weighted by molar-refractivity contribution is 6.29. The Morgan fingerprint density at radius 2 is 0.560 bits per heavy atom.